The smallest absolute Gasteiger partial charge is 0.0422 e. The van der Waals surface area contributed by atoms with Crippen LogP contribution in [0.3, 0.4) is 0 Å². The molecule has 0 N–H and O–H groups in total. The molecule has 2 heterocycles. The van der Waals surface area contributed by atoms with Gasteiger partial charge < -0.3 is 0 Å². The van der Waals surface area contributed by atoms with E-state index in [1.807, 2.05) is 27.9 Å². The van der Waals surface area contributed by atoms with E-state index in [1.54, 1.807) is 6.42 Å². The van der Waals surface area contributed by atoms with Crippen LogP contribution in [0.5, 0.6) is 0 Å². The van der Waals surface area contributed by atoms with Crippen LogP contribution < -0.4 is 0 Å². The zero-order valence-electron chi connectivity index (χ0n) is 19.7. The molecule has 9 atom stereocenters. The van der Waals surface area contributed by atoms with Crippen molar-refractivity contribution < 1.29 is 0 Å². The minimum Gasteiger partial charge on any atom is -0.287 e. The minimum absolute atomic E-state index is 0.518. The molecule has 1 saturated heterocycles. The number of nitrogens with zero attached hydrogens (tertiary/aromatic N) is 1. The van der Waals surface area contributed by atoms with Crippen LogP contribution >= 0.6 is 0 Å². The summed E-state index contributed by atoms with van der Waals surface area (Å²) in [5, 5.41) is 0. The van der Waals surface area contributed by atoms with E-state index in [0.717, 1.165) is 23.8 Å². The van der Waals surface area contributed by atoms with Gasteiger partial charge in [-0.2, -0.15) is 0 Å². The Labute approximate surface area is 188 Å². The molecule has 2 aliphatic heterocycles. The van der Waals surface area contributed by atoms with Crippen LogP contribution in [0.25, 0.3) is 0 Å². The Morgan fingerprint density at radius 1 is 1.00 bits per heavy atom. The lowest BCUT2D eigenvalue weighted by atomic mass is 9.38. The van der Waals surface area contributed by atoms with Crippen LogP contribution in [-0.4, -0.2) is 23.0 Å². The van der Waals surface area contributed by atoms with Gasteiger partial charge in [-0.3, -0.25) is 4.90 Å². The summed E-state index contributed by atoms with van der Waals surface area (Å²) < 4.78 is 0. The normalized spacial score (nSPS) is 59.5. The third-order valence-corrected chi connectivity index (χ3v) is 13.9. The lowest BCUT2D eigenvalue weighted by Gasteiger charge is -2.67. The highest BCUT2D eigenvalue weighted by Crippen LogP contribution is 2.86. The van der Waals surface area contributed by atoms with Crippen molar-refractivity contribution in [3.8, 4) is 0 Å². The van der Waals surface area contributed by atoms with E-state index in [-0.39, 0.29) is 0 Å². The van der Waals surface area contributed by atoms with Gasteiger partial charge in [-0.15, -0.1) is 0 Å². The van der Waals surface area contributed by atoms with Gasteiger partial charge in [-0.05, 0) is 112 Å². The highest BCUT2D eigenvalue weighted by Gasteiger charge is 2.81. The predicted octanol–water partition coefficient (Wildman–Crippen LogP) is 6.96. The van der Waals surface area contributed by atoms with Crippen molar-refractivity contribution in [3.05, 3.63) is 33.9 Å². The molecule has 1 heteroatoms. The second kappa shape index (κ2) is 4.98. The largest absolute Gasteiger partial charge is 0.287 e. The molecule has 6 fully saturated rings. The highest BCUT2D eigenvalue weighted by atomic mass is 15.4. The first-order valence-corrected chi connectivity index (χ1v) is 14.0. The third-order valence-electron chi connectivity index (χ3n) is 13.9. The average Bonchev–Trinajstić information content (AvgIpc) is 2.92. The molecule has 7 aliphatic carbocycles. The Bertz CT molecular complexity index is 1040. The van der Waals surface area contributed by atoms with E-state index >= 15 is 0 Å². The van der Waals surface area contributed by atoms with Gasteiger partial charge in [-0.25, -0.2) is 0 Å². The number of hydrogen-bond acceptors (Lipinski definition) is 1. The number of rotatable bonds is 0. The van der Waals surface area contributed by atoms with Gasteiger partial charge in [0.15, 0.2) is 0 Å². The van der Waals surface area contributed by atoms with E-state index in [2.05, 4.69) is 24.8 Å². The molecule has 0 amide bonds. The first-order chi connectivity index (χ1) is 15.1. The van der Waals surface area contributed by atoms with Crippen LogP contribution in [-0.2, 0) is 0 Å². The molecule has 5 saturated carbocycles. The van der Waals surface area contributed by atoms with Gasteiger partial charge in [-0.1, -0.05) is 42.6 Å². The summed E-state index contributed by atoms with van der Waals surface area (Å²) in [7, 11) is 0. The molecule has 164 valence electrons. The zero-order valence-corrected chi connectivity index (χ0v) is 19.7. The summed E-state index contributed by atoms with van der Waals surface area (Å²) in [5.74, 6) is 2.83. The van der Waals surface area contributed by atoms with E-state index in [0.29, 0.717) is 21.8 Å². The summed E-state index contributed by atoms with van der Waals surface area (Å²) in [6, 6.07) is 0.780. The van der Waals surface area contributed by atoms with Crippen molar-refractivity contribution in [2.24, 2.45) is 34.0 Å². The average molecular weight is 414 g/mol. The fourth-order valence-electron chi connectivity index (χ4n) is 12.9. The molecule has 0 aromatic carbocycles. The van der Waals surface area contributed by atoms with Gasteiger partial charge in [0.25, 0.3) is 0 Å². The molecule has 9 rings (SSSR count). The van der Waals surface area contributed by atoms with Gasteiger partial charge in [0.05, 0.1) is 0 Å². The minimum atomic E-state index is 0.518. The second-order valence-electron chi connectivity index (χ2n) is 13.8. The molecule has 9 aliphatic rings. The lowest BCUT2D eigenvalue weighted by Crippen LogP contribution is -2.64. The molecule has 0 aromatic rings. The molecular weight excluding hydrogens is 374 g/mol. The molecule has 4 bridgehead atoms. The Kier molecular flexibility index (Phi) is 2.83. The van der Waals surface area contributed by atoms with Crippen molar-refractivity contribution in [1.82, 2.24) is 4.90 Å². The predicted molar refractivity (Wildman–Crippen MR) is 124 cm³/mol. The Morgan fingerprint density at radius 2 is 1.90 bits per heavy atom. The van der Waals surface area contributed by atoms with Crippen LogP contribution in [0, 0.1) is 34.0 Å². The second-order valence-corrected chi connectivity index (χ2v) is 13.8. The summed E-state index contributed by atoms with van der Waals surface area (Å²) in [5.41, 5.74) is 11.9. The van der Waals surface area contributed by atoms with E-state index < -0.39 is 0 Å². The zero-order chi connectivity index (χ0) is 20.4. The number of fused-ring (bicyclic) bond motifs is 2. The number of hydrogen-bond donors (Lipinski definition) is 0. The van der Waals surface area contributed by atoms with Crippen molar-refractivity contribution in [2.45, 2.75) is 109 Å². The van der Waals surface area contributed by atoms with Crippen LogP contribution in [0.4, 0.5) is 0 Å². The Balaban J connectivity index is 1.37. The fraction of sp³-hybridized carbons (Fsp3) is 0.800. The lowest BCUT2D eigenvalue weighted by molar-refractivity contribution is -0.144. The standard InChI is InChI=1S/C30H39N/c1-18-10-14-30-20-5-3-7-23-22-9-8-19-15-21-6-4-12-29(21)17-31(29)26(25(19)22)28(13-11-20,16-24(18)30)27(23,30)2/h9,20-21,23,26H,3-8,10-17H2,1-2H3. The van der Waals surface area contributed by atoms with Crippen LogP contribution in [0.2, 0.25) is 0 Å². The topological polar surface area (TPSA) is 3.01 Å². The highest BCUT2D eigenvalue weighted by molar-refractivity contribution is 5.60. The van der Waals surface area contributed by atoms with Crippen molar-refractivity contribution in [2.75, 3.05) is 6.54 Å². The van der Waals surface area contributed by atoms with E-state index in [1.165, 1.54) is 83.6 Å². The van der Waals surface area contributed by atoms with Gasteiger partial charge in [0.1, 0.15) is 0 Å². The molecular formula is C30H39N. The Morgan fingerprint density at radius 3 is 2.84 bits per heavy atom. The van der Waals surface area contributed by atoms with Gasteiger partial charge in [0.2, 0.25) is 0 Å². The molecule has 31 heavy (non-hydrogen) atoms. The fourth-order valence-corrected chi connectivity index (χ4v) is 12.9. The quantitative estimate of drug-likeness (QED) is 0.306. The maximum Gasteiger partial charge on any atom is 0.0422 e. The van der Waals surface area contributed by atoms with E-state index in [9.17, 15) is 0 Å². The van der Waals surface area contributed by atoms with Crippen molar-refractivity contribution in [1.29, 1.82) is 0 Å². The molecule has 2 spiro atoms. The number of allylic oxidation sites excluding steroid dienone is 4. The van der Waals surface area contributed by atoms with Crippen LogP contribution in [0.15, 0.2) is 33.9 Å². The maximum atomic E-state index is 3.17. The monoisotopic (exact) mass is 413 g/mol. The summed E-state index contributed by atoms with van der Waals surface area (Å²) in [6.45, 7) is 6.89. The van der Waals surface area contributed by atoms with Gasteiger partial charge >= 0.3 is 0 Å². The molecule has 1 nitrogen and oxygen atoms in total. The van der Waals surface area contributed by atoms with Crippen molar-refractivity contribution >= 4 is 0 Å². The summed E-state index contributed by atoms with van der Waals surface area (Å²) >= 11 is 0. The van der Waals surface area contributed by atoms with Crippen molar-refractivity contribution in [3.63, 3.8) is 0 Å². The van der Waals surface area contributed by atoms with Crippen LogP contribution in [0.1, 0.15) is 97.3 Å². The van der Waals surface area contributed by atoms with E-state index in [4.69, 9.17) is 0 Å². The summed E-state index contributed by atoms with van der Waals surface area (Å²) in [4.78, 5) is 3.17. The molecule has 0 aromatic heterocycles. The first-order valence-electron chi connectivity index (χ1n) is 14.0. The first kappa shape index (κ1) is 17.6. The molecule has 0 radical (unpaired) electrons. The maximum absolute atomic E-state index is 3.17. The summed E-state index contributed by atoms with van der Waals surface area (Å²) in [6.07, 6.45) is 22.1. The Hall–Kier alpha value is -0.820. The van der Waals surface area contributed by atoms with Gasteiger partial charge in [0, 0.05) is 29.0 Å². The molecule has 9 unspecified atom stereocenters. The third kappa shape index (κ3) is 1.52. The SMILES string of the molecule is CC1=C2CC34CCC5CCCC(C6=CCC7=C6C3N3CC36CCCC6C7)C4(C)C25CC1.